The standard InChI is InChI=1S/C23H26N2OS/c1-4-9-22(18-11-6-5-10-17(18)2)27-16-20-19(12-7-13-21(20)26-3)23-24-14-8-15-25-23/h4-7,9-13H,1,8,14-16H2,2-3H3,(H,24,25)/b22-9+. The molecule has 140 valence electrons. The van der Waals surface area contributed by atoms with E-state index >= 15 is 0 Å². The smallest absolute Gasteiger partial charge is 0.128 e. The minimum absolute atomic E-state index is 0.800. The Morgan fingerprint density at radius 1 is 1.26 bits per heavy atom. The summed E-state index contributed by atoms with van der Waals surface area (Å²) in [5.41, 5.74) is 4.80. The van der Waals surface area contributed by atoms with Gasteiger partial charge >= 0.3 is 0 Å². The van der Waals surface area contributed by atoms with E-state index in [1.54, 1.807) is 18.9 Å². The molecule has 0 amide bonds. The number of thioether (sulfide) groups is 1. The van der Waals surface area contributed by atoms with Crippen molar-refractivity contribution in [2.45, 2.75) is 19.1 Å². The summed E-state index contributed by atoms with van der Waals surface area (Å²) >= 11 is 1.80. The third kappa shape index (κ3) is 4.64. The van der Waals surface area contributed by atoms with Crippen LogP contribution in [-0.2, 0) is 5.75 Å². The first-order chi connectivity index (χ1) is 13.2. The maximum Gasteiger partial charge on any atom is 0.128 e. The quantitative estimate of drug-likeness (QED) is 0.672. The van der Waals surface area contributed by atoms with Gasteiger partial charge in [-0.1, -0.05) is 49.1 Å². The van der Waals surface area contributed by atoms with Crippen LogP contribution < -0.4 is 10.1 Å². The number of rotatable bonds is 7. The Hall–Kier alpha value is -2.46. The molecule has 2 aromatic carbocycles. The lowest BCUT2D eigenvalue weighted by Crippen LogP contribution is -2.31. The molecule has 0 radical (unpaired) electrons. The minimum Gasteiger partial charge on any atom is -0.496 e. The summed E-state index contributed by atoms with van der Waals surface area (Å²) in [5, 5.41) is 3.44. The van der Waals surface area contributed by atoms with E-state index in [0.29, 0.717) is 0 Å². The van der Waals surface area contributed by atoms with Gasteiger partial charge in [-0.2, -0.15) is 0 Å². The summed E-state index contributed by atoms with van der Waals surface area (Å²) in [6.07, 6.45) is 5.01. The van der Waals surface area contributed by atoms with Crippen molar-refractivity contribution in [1.29, 1.82) is 0 Å². The van der Waals surface area contributed by atoms with Crippen LogP contribution in [0, 0.1) is 6.92 Å². The summed E-state index contributed by atoms with van der Waals surface area (Å²) in [6, 6.07) is 14.6. The van der Waals surface area contributed by atoms with Crippen LogP contribution in [0.1, 0.15) is 28.7 Å². The number of nitrogens with zero attached hydrogens (tertiary/aromatic N) is 1. The summed E-state index contributed by atoms with van der Waals surface area (Å²) in [5.74, 6) is 2.67. The lowest BCUT2D eigenvalue weighted by molar-refractivity contribution is 0.411. The van der Waals surface area contributed by atoms with Gasteiger partial charge in [0.25, 0.3) is 0 Å². The first kappa shape index (κ1) is 19.3. The van der Waals surface area contributed by atoms with Crippen molar-refractivity contribution in [1.82, 2.24) is 5.32 Å². The second-order valence-corrected chi connectivity index (χ2v) is 7.38. The molecule has 1 heterocycles. The lowest BCUT2D eigenvalue weighted by atomic mass is 10.1. The van der Waals surface area contributed by atoms with Gasteiger partial charge in [0.1, 0.15) is 11.6 Å². The molecular weight excluding hydrogens is 352 g/mol. The van der Waals surface area contributed by atoms with Crippen molar-refractivity contribution in [2.75, 3.05) is 20.2 Å². The van der Waals surface area contributed by atoms with Crippen LogP contribution in [0.5, 0.6) is 5.75 Å². The molecule has 0 saturated heterocycles. The highest BCUT2D eigenvalue weighted by molar-refractivity contribution is 8.07. The van der Waals surface area contributed by atoms with Gasteiger partial charge in [-0.25, -0.2) is 0 Å². The first-order valence-electron chi connectivity index (χ1n) is 9.20. The fraction of sp³-hybridized carbons (Fsp3) is 0.261. The molecule has 3 nitrogen and oxygen atoms in total. The van der Waals surface area contributed by atoms with Crippen LogP contribution in [0.3, 0.4) is 0 Å². The van der Waals surface area contributed by atoms with E-state index in [4.69, 9.17) is 4.74 Å². The zero-order valence-electron chi connectivity index (χ0n) is 16.0. The minimum atomic E-state index is 0.800. The molecule has 0 bridgehead atoms. The highest BCUT2D eigenvalue weighted by Crippen LogP contribution is 2.36. The Kier molecular flexibility index (Phi) is 6.77. The molecule has 0 aliphatic carbocycles. The number of hydrogen-bond acceptors (Lipinski definition) is 4. The van der Waals surface area contributed by atoms with E-state index in [-0.39, 0.29) is 0 Å². The molecule has 1 aliphatic rings. The molecule has 0 saturated carbocycles. The van der Waals surface area contributed by atoms with Gasteiger partial charge in [-0.15, -0.1) is 11.8 Å². The van der Waals surface area contributed by atoms with E-state index in [1.807, 2.05) is 18.2 Å². The van der Waals surface area contributed by atoms with E-state index < -0.39 is 0 Å². The van der Waals surface area contributed by atoms with Crippen LogP contribution in [-0.4, -0.2) is 26.0 Å². The Morgan fingerprint density at radius 3 is 2.81 bits per heavy atom. The van der Waals surface area contributed by atoms with Crippen LogP contribution in [0.4, 0.5) is 0 Å². The number of amidine groups is 1. The number of aliphatic imine (C=N–C) groups is 1. The number of methoxy groups -OCH3 is 1. The summed E-state index contributed by atoms with van der Waals surface area (Å²) in [6.45, 7) is 7.87. The van der Waals surface area contributed by atoms with Crippen LogP contribution in [0.2, 0.25) is 0 Å². The SMILES string of the molecule is C=C/C=C(/SCc1c(OC)cccc1C1=NCCCN1)c1ccccc1C. The molecule has 1 aliphatic heterocycles. The molecular formula is C23H26N2OS. The number of allylic oxidation sites excluding steroid dienone is 2. The molecule has 3 rings (SSSR count). The van der Waals surface area contributed by atoms with E-state index in [0.717, 1.165) is 42.4 Å². The fourth-order valence-electron chi connectivity index (χ4n) is 3.16. The van der Waals surface area contributed by atoms with Crippen molar-refractivity contribution < 1.29 is 4.74 Å². The monoisotopic (exact) mass is 378 g/mol. The van der Waals surface area contributed by atoms with E-state index in [1.165, 1.54) is 21.6 Å². The molecule has 0 atom stereocenters. The van der Waals surface area contributed by atoms with Crippen molar-refractivity contribution in [2.24, 2.45) is 4.99 Å². The summed E-state index contributed by atoms with van der Waals surface area (Å²) in [7, 11) is 1.73. The molecule has 1 N–H and O–H groups in total. The van der Waals surface area contributed by atoms with Crippen LogP contribution >= 0.6 is 11.8 Å². The third-order valence-corrected chi connectivity index (χ3v) is 5.66. The van der Waals surface area contributed by atoms with Crippen LogP contribution in [0.15, 0.2) is 66.2 Å². The summed E-state index contributed by atoms with van der Waals surface area (Å²) < 4.78 is 5.66. The van der Waals surface area contributed by atoms with Gasteiger partial charge in [0.2, 0.25) is 0 Å². The molecule has 0 spiro atoms. The van der Waals surface area contributed by atoms with Gasteiger partial charge in [-0.3, -0.25) is 4.99 Å². The normalized spacial score (nSPS) is 14.3. The molecule has 0 fully saturated rings. The van der Waals surface area contributed by atoms with E-state index in [2.05, 4.69) is 60.2 Å². The van der Waals surface area contributed by atoms with Crippen molar-refractivity contribution in [3.05, 3.63) is 83.4 Å². The van der Waals surface area contributed by atoms with Crippen LogP contribution in [0.25, 0.3) is 4.91 Å². The Balaban J connectivity index is 1.92. The fourth-order valence-corrected chi connectivity index (χ4v) is 4.34. The Labute approximate surface area is 166 Å². The van der Waals surface area contributed by atoms with Crippen molar-refractivity contribution in [3.8, 4) is 5.75 Å². The van der Waals surface area contributed by atoms with Crippen molar-refractivity contribution >= 4 is 22.5 Å². The molecule has 0 aromatic heterocycles. The lowest BCUT2D eigenvalue weighted by Gasteiger charge is -2.20. The highest BCUT2D eigenvalue weighted by Gasteiger charge is 2.17. The number of aryl methyl sites for hydroxylation is 1. The zero-order valence-corrected chi connectivity index (χ0v) is 16.8. The van der Waals surface area contributed by atoms with Crippen molar-refractivity contribution in [3.63, 3.8) is 0 Å². The van der Waals surface area contributed by atoms with Gasteiger partial charge in [0, 0.05) is 34.9 Å². The highest BCUT2D eigenvalue weighted by atomic mass is 32.2. The Morgan fingerprint density at radius 2 is 2.11 bits per heavy atom. The maximum absolute atomic E-state index is 5.66. The van der Waals surface area contributed by atoms with E-state index in [9.17, 15) is 0 Å². The van der Waals surface area contributed by atoms with Gasteiger partial charge in [0.15, 0.2) is 0 Å². The second kappa shape index (κ2) is 9.47. The predicted octanol–water partition coefficient (Wildman–Crippen LogP) is 5.20. The van der Waals surface area contributed by atoms with Gasteiger partial charge in [0.05, 0.1) is 7.11 Å². The second-order valence-electron chi connectivity index (χ2n) is 6.37. The topological polar surface area (TPSA) is 33.6 Å². The number of ether oxygens (including phenoxy) is 1. The average molecular weight is 379 g/mol. The average Bonchev–Trinajstić information content (AvgIpc) is 2.72. The molecule has 27 heavy (non-hydrogen) atoms. The molecule has 2 aromatic rings. The number of hydrogen-bond donors (Lipinski definition) is 1. The first-order valence-corrected chi connectivity index (χ1v) is 10.2. The number of benzene rings is 2. The summed E-state index contributed by atoms with van der Waals surface area (Å²) in [4.78, 5) is 5.89. The third-order valence-electron chi connectivity index (χ3n) is 4.56. The molecule has 0 unspecified atom stereocenters. The Bertz CT molecular complexity index is 870. The number of nitrogens with one attached hydrogen (secondary N) is 1. The maximum atomic E-state index is 5.66. The van der Waals surface area contributed by atoms with Gasteiger partial charge < -0.3 is 10.1 Å². The zero-order chi connectivity index (χ0) is 19.1. The largest absolute Gasteiger partial charge is 0.496 e. The molecule has 4 heteroatoms. The van der Waals surface area contributed by atoms with Gasteiger partial charge in [-0.05, 0) is 36.6 Å². The predicted molar refractivity (Wildman–Crippen MR) is 118 cm³/mol.